The molecule has 0 bridgehead atoms. The Morgan fingerprint density at radius 2 is 1.95 bits per heavy atom. The van der Waals surface area contributed by atoms with Crippen molar-refractivity contribution in [3.63, 3.8) is 0 Å². The lowest BCUT2D eigenvalue weighted by Gasteiger charge is -2.11. The molecule has 0 saturated carbocycles. The summed E-state index contributed by atoms with van der Waals surface area (Å²) in [5.41, 5.74) is 3.34. The second-order valence-corrected chi connectivity index (χ2v) is 5.93. The number of amides is 1. The Morgan fingerprint density at radius 3 is 2.62 bits per heavy atom. The van der Waals surface area contributed by atoms with Gasteiger partial charge in [-0.25, -0.2) is 0 Å². The van der Waals surface area contributed by atoms with Crippen LogP contribution in [0.4, 0.5) is 11.4 Å². The van der Waals surface area contributed by atoms with Crippen LogP contribution < -0.4 is 10.6 Å². The Bertz CT molecular complexity index is 673. The highest BCUT2D eigenvalue weighted by molar-refractivity contribution is 9.10. The summed E-state index contributed by atoms with van der Waals surface area (Å²) in [7, 11) is 0. The Balaban J connectivity index is 2.20. The molecule has 0 heterocycles. The third-order valence-corrected chi connectivity index (χ3v) is 3.96. The highest BCUT2D eigenvalue weighted by Gasteiger charge is 2.10. The Kier molecular flexibility index (Phi) is 5.26. The standard InChI is InChI=1S/C16H16BrClN2O/c1-3-19-14-7-4-11(8-10(14)2)16(21)20-15-9-12(18)5-6-13(15)17/h4-9,19H,3H2,1-2H3,(H,20,21). The molecule has 110 valence electrons. The van der Waals surface area contributed by atoms with Gasteiger partial charge >= 0.3 is 0 Å². The monoisotopic (exact) mass is 366 g/mol. The zero-order valence-electron chi connectivity index (χ0n) is 11.8. The van der Waals surface area contributed by atoms with E-state index in [2.05, 4.69) is 26.6 Å². The maximum Gasteiger partial charge on any atom is 0.255 e. The van der Waals surface area contributed by atoms with Gasteiger partial charge in [0.2, 0.25) is 0 Å². The number of hydrogen-bond acceptors (Lipinski definition) is 2. The summed E-state index contributed by atoms with van der Waals surface area (Å²) < 4.78 is 0.793. The fraction of sp³-hybridized carbons (Fsp3) is 0.188. The summed E-state index contributed by atoms with van der Waals surface area (Å²) in [4.78, 5) is 12.3. The van der Waals surface area contributed by atoms with Crippen molar-refractivity contribution in [3.8, 4) is 0 Å². The van der Waals surface area contributed by atoms with E-state index in [0.717, 1.165) is 22.3 Å². The first-order chi connectivity index (χ1) is 10.0. The van der Waals surface area contributed by atoms with Gasteiger partial charge in [-0.15, -0.1) is 0 Å². The SMILES string of the molecule is CCNc1ccc(C(=O)Nc2cc(Cl)ccc2Br)cc1C. The predicted octanol–water partition coefficient (Wildman–Crippen LogP) is 5.10. The molecule has 2 N–H and O–H groups in total. The topological polar surface area (TPSA) is 41.1 Å². The largest absolute Gasteiger partial charge is 0.385 e. The second-order valence-electron chi connectivity index (χ2n) is 4.64. The van der Waals surface area contributed by atoms with Crippen LogP contribution in [0.5, 0.6) is 0 Å². The lowest BCUT2D eigenvalue weighted by Crippen LogP contribution is -2.13. The fourth-order valence-electron chi connectivity index (χ4n) is 1.98. The summed E-state index contributed by atoms with van der Waals surface area (Å²) >= 11 is 9.34. The smallest absolute Gasteiger partial charge is 0.255 e. The van der Waals surface area contributed by atoms with Crippen molar-refractivity contribution in [2.75, 3.05) is 17.2 Å². The molecule has 0 aliphatic heterocycles. The number of anilines is 2. The minimum atomic E-state index is -0.163. The number of nitrogens with one attached hydrogen (secondary N) is 2. The van der Waals surface area contributed by atoms with E-state index in [1.807, 2.05) is 26.0 Å². The van der Waals surface area contributed by atoms with E-state index in [4.69, 9.17) is 11.6 Å². The fourth-order valence-corrected chi connectivity index (χ4v) is 2.50. The van der Waals surface area contributed by atoms with Gasteiger partial charge in [0.1, 0.15) is 0 Å². The highest BCUT2D eigenvalue weighted by atomic mass is 79.9. The molecule has 3 nitrogen and oxygen atoms in total. The van der Waals surface area contributed by atoms with E-state index in [1.165, 1.54) is 0 Å². The third kappa shape index (κ3) is 3.99. The molecule has 2 rings (SSSR count). The molecule has 0 saturated heterocycles. The summed E-state index contributed by atoms with van der Waals surface area (Å²) in [5.74, 6) is -0.163. The quantitative estimate of drug-likeness (QED) is 0.790. The van der Waals surface area contributed by atoms with E-state index in [9.17, 15) is 4.79 Å². The molecule has 0 fully saturated rings. The molecule has 0 aliphatic rings. The molecular formula is C16H16BrClN2O. The lowest BCUT2D eigenvalue weighted by atomic mass is 10.1. The minimum Gasteiger partial charge on any atom is -0.385 e. The summed E-state index contributed by atoms with van der Waals surface area (Å²) in [6.07, 6.45) is 0. The zero-order valence-corrected chi connectivity index (χ0v) is 14.2. The van der Waals surface area contributed by atoms with Crippen molar-refractivity contribution >= 4 is 44.8 Å². The maximum absolute atomic E-state index is 12.3. The van der Waals surface area contributed by atoms with E-state index >= 15 is 0 Å². The molecule has 5 heteroatoms. The average Bonchev–Trinajstić information content (AvgIpc) is 2.45. The number of aryl methyl sites for hydroxylation is 1. The number of rotatable bonds is 4. The first-order valence-electron chi connectivity index (χ1n) is 6.62. The van der Waals surface area contributed by atoms with Gasteiger partial charge in [-0.3, -0.25) is 4.79 Å². The van der Waals surface area contributed by atoms with Crippen LogP contribution in [0, 0.1) is 6.92 Å². The van der Waals surface area contributed by atoms with Crippen LogP contribution in [-0.4, -0.2) is 12.5 Å². The van der Waals surface area contributed by atoms with Crippen molar-refractivity contribution in [3.05, 3.63) is 57.0 Å². The number of hydrogen-bond donors (Lipinski definition) is 2. The maximum atomic E-state index is 12.3. The normalized spacial score (nSPS) is 10.3. The van der Waals surface area contributed by atoms with E-state index in [1.54, 1.807) is 24.3 Å². The van der Waals surface area contributed by atoms with Crippen molar-refractivity contribution in [2.24, 2.45) is 0 Å². The van der Waals surface area contributed by atoms with E-state index < -0.39 is 0 Å². The first kappa shape index (κ1) is 15.9. The summed E-state index contributed by atoms with van der Waals surface area (Å²) in [5, 5.41) is 6.68. The van der Waals surface area contributed by atoms with Gasteiger partial charge in [-0.05, 0) is 71.7 Å². The molecule has 0 aliphatic carbocycles. The lowest BCUT2D eigenvalue weighted by molar-refractivity contribution is 0.102. The highest BCUT2D eigenvalue weighted by Crippen LogP contribution is 2.26. The van der Waals surface area contributed by atoms with Gasteiger partial charge in [-0.2, -0.15) is 0 Å². The minimum absolute atomic E-state index is 0.163. The second kappa shape index (κ2) is 6.96. The molecular weight excluding hydrogens is 352 g/mol. The zero-order chi connectivity index (χ0) is 15.4. The van der Waals surface area contributed by atoms with Crippen molar-refractivity contribution in [2.45, 2.75) is 13.8 Å². The number of carbonyl (C=O) groups is 1. The molecule has 1 amide bonds. The van der Waals surface area contributed by atoms with Crippen LogP contribution in [0.3, 0.4) is 0 Å². The van der Waals surface area contributed by atoms with Crippen LogP contribution in [-0.2, 0) is 0 Å². The van der Waals surface area contributed by atoms with Crippen LogP contribution in [0.25, 0.3) is 0 Å². The van der Waals surface area contributed by atoms with Crippen molar-refractivity contribution < 1.29 is 4.79 Å². The number of halogens is 2. The number of carbonyl (C=O) groups excluding carboxylic acids is 1. The number of benzene rings is 2. The average molecular weight is 368 g/mol. The van der Waals surface area contributed by atoms with Crippen LogP contribution in [0.15, 0.2) is 40.9 Å². The van der Waals surface area contributed by atoms with Gasteiger partial charge in [0, 0.05) is 27.3 Å². The third-order valence-electron chi connectivity index (χ3n) is 3.03. The van der Waals surface area contributed by atoms with Crippen LogP contribution in [0.2, 0.25) is 5.02 Å². The molecule has 0 radical (unpaired) electrons. The predicted molar refractivity (Wildman–Crippen MR) is 92.4 cm³/mol. The molecule has 0 spiro atoms. The van der Waals surface area contributed by atoms with Gasteiger partial charge in [0.25, 0.3) is 5.91 Å². The van der Waals surface area contributed by atoms with Gasteiger partial charge in [0.15, 0.2) is 0 Å². The molecule has 0 unspecified atom stereocenters. The molecule has 2 aromatic carbocycles. The van der Waals surface area contributed by atoms with Gasteiger partial charge < -0.3 is 10.6 Å². The van der Waals surface area contributed by atoms with Gasteiger partial charge in [0.05, 0.1) is 5.69 Å². The Hall–Kier alpha value is -1.52. The van der Waals surface area contributed by atoms with E-state index in [0.29, 0.717) is 16.3 Å². The Labute approximate surface area is 137 Å². The molecule has 0 aromatic heterocycles. The van der Waals surface area contributed by atoms with Gasteiger partial charge in [-0.1, -0.05) is 11.6 Å². The molecule has 2 aromatic rings. The van der Waals surface area contributed by atoms with Crippen molar-refractivity contribution in [1.82, 2.24) is 0 Å². The molecule has 21 heavy (non-hydrogen) atoms. The summed E-state index contributed by atoms with van der Waals surface area (Å²) in [6.45, 7) is 4.86. The van der Waals surface area contributed by atoms with Crippen LogP contribution >= 0.6 is 27.5 Å². The van der Waals surface area contributed by atoms with Crippen LogP contribution in [0.1, 0.15) is 22.8 Å². The van der Waals surface area contributed by atoms with E-state index in [-0.39, 0.29) is 5.91 Å². The summed E-state index contributed by atoms with van der Waals surface area (Å²) in [6, 6.07) is 10.9. The van der Waals surface area contributed by atoms with Crippen molar-refractivity contribution in [1.29, 1.82) is 0 Å². The Morgan fingerprint density at radius 1 is 1.19 bits per heavy atom. The first-order valence-corrected chi connectivity index (χ1v) is 7.79. The molecule has 0 atom stereocenters.